The third-order valence-corrected chi connectivity index (χ3v) is 6.06. The van der Waals surface area contributed by atoms with E-state index >= 15 is 0 Å². The summed E-state index contributed by atoms with van der Waals surface area (Å²) in [7, 11) is 4.31. The zero-order chi connectivity index (χ0) is 14.0. The van der Waals surface area contributed by atoms with E-state index in [1.54, 1.807) is 0 Å². The maximum atomic E-state index is 6.07. The minimum Gasteiger partial charge on any atom is -0.329 e. The van der Waals surface area contributed by atoms with Crippen LogP contribution in [0.4, 0.5) is 0 Å². The van der Waals surface area contributed by atoms with E-state index in [1.807, 2.05) is 11.3 Å². The summed E-state index contributed by atoms with van der Waals surface area (Å²) < 4.78 is 1.22. The summed E-state index contributed by atoms with van der Waals surface area (Å²) in [5.41, 5.74) is 6.07. The van der Waals surface area contributed by atoms with E-state index in [-0.39, 0.29) is 0 Å². The van der Waals surface area contributed by atoms with E-state index in [0.717, 1.165) is 6.54 Å². The van der Waals surface area contributed by atoms with Gasteiger partial charge in [-0.15, -0.1) is 11.3 Å². The molecular weight excluding hydrogens is 322 g/mol. The van der Waals surface area contributed by atoms with Gasteiger partial charge in [-0.2, -0.15) is 0 Å². The van der Waals surface area contributed by atoms with E-state index in [9.17, 15) is 0 Å². The Morgan fingerprint density at radius 1 is 1.58 bits per heavy atom. The monoisotopic (exact) mass is 345 g/mol. The Hall–Kier alpha value is 0.0600. The Morgan fingerprint density at radius 3 is 2.84 bits per heavy atom. The molecule has 0 spiro atoms. The normalized spacial score (nSPS) is 22.3. The van der Waals surface area contributed by atoms with Crippen molar-refractivity contribution < 1.29 is 0 Å². The van der Waals surface area contributed by atoms with Crippen LogP contribution in [0.5, 0.6) is 0 Å². The van der Waals surface area contributed by atoms with Crippen molar-refractivity contribution in [3.05, 3.63) is 20.3 Å². The van der Waals surface area contributed by atoms with Crippen LogP contribution >= 0.6 is 27.3 Å². The van der Waals surface area contributed by atoms with Gasteiger partial charge in [0.15, 0.2) is 0 Å². The lowest BCUT2D eigenvalue weighted by Crippen LogP contribution is -2.42. The van der Waals surface area contributed by atoms with Gasteiger partial charge < -0.3 is 10.6 Å². The number of hydrogen-bond donors (Lipinski definition) is 1. The maximum absolute atomic E-state index is 6.07. The van der Waals surface area contributed by atoms with E-state index < -0.39 is 0 Å². The van der Waals surface area contributed by atoms with Gasteiger partial charge in [0, 0.05) is 33.4 Å². The van der Waals surface area contributed by atoms with Crippen molar-refractivity contribution in [1.29, 1.82) is 0 Å². The molecule has 1 aliphatic rings. The SMILES string of the molecule is Cc1sc(C(CN)N2CCCC2CN(C)C)cc1Br. The molecule has 5 heteroatoms. The molecule has 2 heterocycles. The van der Waals surface area contributed by atoms with Gasteiger partial charge in [-0.3, -0.25) is 4.90 Å². The molecule has 2 N–H and O–H groups in total. The van der Waals surface area contributed by atoms with Gasteiger partial charge in [0.1, 0.15) is 0 Å². The Labute approximate surface area is 128 Å². The average Bonchev–Trinajstić information content (AvgIpc) is 2.89. The van der Waals surface area contributed by atoms with Crippen molar-refractivity contribution in [3.8, 4) is 0 Å². The number of thiophene rings is 1. The van der Waals surface area contributed by atoms with E-state index in [1.165, 1.54) is 33.6 Å². The minimum atomic E-state index is 0.377. The van der Waals surface area contributed by atoms with Gasteiger partial charge >= 0.3 is 0 Å². The van der Waals surface area contributed by atoms with Crippen molar-refractivity contribution >= 4 is 27.3 Å². The average molecular weight is 346 g/mol. The van der Waals surface area contributed by atoms with Gasteiger partial charge in [-0.25, -0.2) is 0 Å². The standard InChI is InChI=1S/C14H24BrN3S/c1-10-12(15)7-14(19-10)13(8-16)18-6-4-5-11(18)9-17(2)3/h7,11,13H,4-6,8-9,16H2,1-3H3. The second-order valence-corrected chi connectivity index (χ2v) is 7.74. The second-order valence-electron chi connectivity index (χ2n) is 5.60. The molecule has 2 rings (SSSR count). The number of rotatable bonds is 5. The van der Waals surface area contributed by atoms with Crippen LogP contribution in [0.1, 0.15) is 28.6 Å². The van der Waals surface area contributed by atoms with E-state index in [4.69, 9.17) is 5.73 Å². The quantitative estimate of drug-likeness (QED) is 0.890. The van der Waals surface area contributed by atoms with E-state index in [2.05, 4.69) is 52.8 Å². The third-order valence-electron chi connectivity index (χ3n) is 3.83. The summed E-state index contributed by atoms with van der Waals surface area (Å²) in [6.45, 7) is 5.17. The highest BCUT2D eigenvalue weighted by molar-refractivity contribution is 9.10. The van der Waals surface area contributed by atoms with Crippen molar-refractivity contribution in [2.75, 3.05) is 33.7 Å². The number of hydrogen-bond acceptors (Lipinski definition) is 4. The molecule has 2 atom stereocenters. The van der Waals surface area contributed by atoms with Crippen molar-refractivity contribution in [2.24, 2.45) is 5.73 Å². The molecule has 0 amide bonds. The summed E-state index contributed by atoms with van der Waals surface area (Å²) in [5.74, 6) is 0. The molecule has 1 fully saturated rings. The highest BCUT2D eigenvalue weighted by atomic mass is 79.9. The Kier molecular flexibility index (Phi) is 5.43. The van der Waals surface area contributed by atoms with Crippen LogP contribution in [0.25, 0.3) is 0 Å². The second kappa shape index (κ2) is 6.68. The smallest absolute Gasteiger partial charge is 0.0567 e. The lowest BCUT2D eigenvalue weighted by molar-refractivity contribution is 0.158. The number of aryl methyl sites for hydroxylation is 1. The fourth-order valence-corrected chi connectivity index (χ4v) is 4.64. The number of nitrogens with zero attached hydrogens (tertiary/aromatic N) is 2. The molecule has 1 aromatic rings. The Morgan fingerprint density at radius 2 is 2.32 bits per heavy atom. The molecule has 0 aromatic carbocycles. The van der Waals surface area contributed by atoms with Crippen LogP contribution in [-0.2, 0) is 0 Å². The molecule has 108 valence electrons. The molecule has 2 unspecified atom stereocenters. The first-order valence-corrected chi connectivity index (χ1v) is 8.50. The third kappa shape index (κ3) is 3.58. The molecular formula is C14H24BrN3S. The Balaban J connectivity index is 2.16. The predicted molar refractivity (Wildman–Crippen MR) is 86.8 cm³/mol. The van der Waals surface area contributed by atoms with Crippen molar-refractivity contribution in [1.82, 2.24) is 9.80 Å². The molecule has 0 aliphatic carbocycles. The zero-order valence-electron chi connectivity index (χ0n) is 12.0. The maximum Gasteiger partial charge on any atom is 0.0567 e. The van der Waals surface area contributed by atoms with Crippen LogP contribution in [-0.4, -0.2) is 49.6 Å². The fourth-order valence-electron chi connectivity index (χ4n) is 2.95. The first-order chi connectivity index (χ1) is 9.02. The summed E-state index contributed by atoms with van der Waals surface area (Å²) in [6, 6.07) is 3.27. The molecule has 0 radical (unpaired) electrons. The number of likely N-dealkylation sites (N-methyl/N-ethyl adjacent to an activating group) is 1. The summed E-state index contributed by atoms with van der Waals surface area (Å²) >= 11 is 5.49. The van der Waals surface area contributed by atoms with Crippen LogP contribution in [0.2, 0.25) is 0 Å². The molecule has 1 aliphatic heterocycles. The zero-order valence-corrected chi connectivity index (χ0v) is 14.4. The summed E-state index contributed by atoms with van der Waals surface area (Å²) in [4.78, 5) is 7.64. The first kappa shape index (κ1) is 15.4. The molecule has 0 bridgehead atoms. The lowest BCUT2D eigenvalue weighted by atomic mass is 10.1. The van der Waals surface area contributed by atoms with Gasteiger partial charge in [0.05, 0.1) is 6.04 Å². The molecule has 3 nitrogen and oxygen atoms in total. The van der Waals surface area contributed by atoms with Crippen LogP contribution < -0.4 is 5.73 Å². The first-order valence-electron chi connectivity index (χ1n) is 6.89. The van der Waals surface area contributed by atoms with Crippen LogP contribution in [0, 0.1) is 6.92 Å². The number of halogens is 1. The van der Waals surface area contributed by atoms with Gasteiger partial charge in [-0.05, 0) is 62.4 Å². The summed E-state index contributed by atoms with van der Waals surface area (Å²) in [5, 5.41) is 0. The van der Waals surface area contributed by atoms with Gasteiger partial charge in [-0.1, -0.05) is 0 Å². The number of nitrogens with two attached hydrogens (primary N) is 1. The largest absolute Gasteiger partial charge is 0.329 e. The van der Waals surface area contributed by atoms with E-state index in [0.29, 0.717) is 18.6 Å². The molecule has 1 aromatic heterocycles. The van der Waals surface area contributed by atoms with Crippen LogP contribution in [0.15, 0.2) is 10.5 Å². The molecule has 1 saturated heterocycles. The fraction of sp³-hybridized carbons (Fsp3) is 0.714. The topological polar surface area (TPSA) is 32.5 Å². The Bertz CT molecular complexity index is 399. The van der Waals surface area contributed by atoms with Crippen molar-refractivity contribution in [3.63, 3.8) is 0 Å². The lowest BCUT2D eigenvalue weighted by Gasteiger charge is -2.33. The number of likely N-dealkylation sites (tertiary alicyclic amines) is 1. The van der Waals surface area contributed by atoms with Crippen molar-refractivity contribution in [2.45, 2.75) is 31.8 Å². The molecule has 19 heavy (non-hydrogen) atoms. The molecule has 0 saturated carbocycles. The summed E-state index contributed by atoms with van der Waals surface area (Å²) in [6.07, 6.45) is 2.58. The highest BCUT2D eigenvalue weighted by Gasteiger charge is 2.32. The highest BCUT2D eigenvalue weighted by Crippen LogP contribution is 2.36. The minimum absolute atomic E-state index is 0.377. The van der Waals surface area contributed by atoms with Crippen LogP contribution in [0.3, 0.4) is 0 Å². The van der Waals surface area contributed by atoms with Gasteiger partial charge in [0.25, 0.3) is 0 Å². The van der Waals surface area contributed by atoms with Gasteiger partial charge in [0.2, 0.25) is 0 Å². The predicted octanol–water partition coefficient (Wildman–Crippen LogP) is 2.84.